The van der Waals surface area contributed by atoms with Gasteiger partial charge in [0.2, 0.25) is 10.0 Å². The van der Waals surface area contributed by atoms with E-state index in [0.717, 1.165) is 37.9 Å². The highest BCUT2D eigenvalue weighted by Gasteiger charge is 2.29. The highest BCUT2D eigenvalue weighted by atomic mass is 32.2. The Morgan fingerprint density at radius 3 is 2.30 bits per heavy atom. The van der Waals surface area contributed by atoms with E-state index in [2.05, 4.69) is 11.0 Å². The molecule has 2 heterocycles. The van der Waals surface area contributed by atoms with E-state index in [1.807, 2.05) is 17.0 Å². The number of carbonyl (C=O) groups excluding carboxylic acids is 1. The van der Waals surface area contributed by atoms with Crippen LogP contribution < -0.4 is 4.90 Å². The third-order valence-electron chi connectivity index (χ3n) is 6.51. The first-order chi connectivity index (χ1) is 15.9. The zero-order valence-corrected chi connectivity index (χ0v) is 19.9. The Morgan fingerprint density at radius 1 is 0.879 bits per heavy atom. The van der Waals surface area contributed by atoms with Crippen LogP contribution in [0, 0.1) is 18.3 Å². The highest BCUT2D eigenvalue weighted by molar-refractivity contribution is 7.89. The van der Waals surface area contributed by atoms with Crippen molar-refractivity contribution in [2.45, 2.75) is 37.5 Å². The summed E-state index contributed by atoms with van der Waals surface area (Å²) in [6, 6.07) is 14.7. The second-order valence-electron chi connectivity index (χ2n) is 8.74. The van der Waals surface area contributed by atoms with Crippen LogP contribution in [0.2, 0.25) is 0 Å². The van der Waals surface area contributed by atoms with Crippen molar-refractivity contribution < 1.29 is 13.2 Å². The molecule has 0 saturated carbocycles. The van der Waals surface area contributed by atoms with Gasteiger partial charge in [-0.1, -0.05) is 12.5 Å². The molecule has 2 aliphatic rings. The Kier molecular flexibility index (Phi) is 7.01. The van der Waals surface area contributed by atoms with Crippen molar-refractivity contribution in [2.24, 2.45) is 0 Å². The van der Waals surface area contributed by atoms with E-state index < -0.39 is 10.0 Å². The number of carbonyl (C=O) groups is 1. The fourth-order valence-corrected chi connectivity index (χ4v) is 6.33. The number of nitriles is 1. The standard InChI is InChI=1S/C25H30N4O3S/c1-20-6-9-22(18-24(20)33(31,32)29-14-3-2-4-15-29)25(30)28-13-5-12-27(16-17-28)23-10-7-21(19-26)8-11-23/h6-11,18H,2-5,12-17H2,1H3. The number of sulfonamides is 1. The molecule has 0 aliphatic carbocycles. The van der Waals surface area contributed by atoms with Crippen molar-refractivity contribution in [3.63, 3.8) is 0 Å². The minimum atomic E-state index is -3.61. The zero-order valence-electron chi connectivity index (χ0n) is 19.0. The monoisotopic (exact) mass is 466 g/mol. The summed E-state index contributed by atoms with van der Waals surface area (Å²) < 4.78 is 28.0. The van der Waals surface area contributed by atoms with Gasteiger partial charge in [0.05, 0.1) is 16.5 Å². The summed E-state index contributed by atoms with van der Waals surface area (Å²) >= 11 is 0. The summed E-state index contributed by atoms with van der Waals surface area (Å²) in [4.78, 5) is 17.6. The van der Waals surface area contributed by atoms with Gasteiger partial charge in [0.25, 0.3) is 5.91 Å². The molecular formula is C25H30N4O3S. The van der Waals surface area contributed by atoms with E-state index in [4.69, 9.17) is 5.26 Å². The second kappa shape index (κ2) is 9.94. The molecular weight excluding hydrogens is 436 g/mol. The molecule has 33 heavy (non-hydrogen) atoms. The molecule has 2 fully saturated rings. The number of piperidine rings is 1. The van der Waals surface area contributed by atoms with Crippen LogP contribution in [0.5, 0.6) is 0 Å². The molecule has 2 aliphatic heterocycles. The van der Waals surface area contributed by atoms with Crippen molar-refractivity contribution in [3.05, 3.63) is 59.2 Å². The number of rotatable bonds is 4. The summed E-state index contributed by atoms with van der Waals surface area (Å²) in [5, 5.41) is 9.00. The molecule has 1 amide bonds. The van der Waals surface area contributed by atoms with Crippen LogP contribution in [0.25, 0.3) is 0 Å². The number of hydrogen-bond acceptors (Lipinski definition) is 5. The number of aryl methyl sites for hydroxylation is 1. The molecule has 0 aromatic heterocycles. The Balaban J connectivity index is 1.50. The third-order valence-corrected chi connectivity index (χ3v) is 8.55. The molecule has 0 unspecified atom stereocenters. The molecule has 0 spiro atoms. The SMILES string of the molecule is Cc1ccc(C(=O)N2CCCN(c3ccc(C#N)cc3)CC2)cc1S(=O)(=O)N1CCCCC1. The van der Waals surface area contributed by atoms with Gasteiger partial charge in [0.15, 0.2) is 0 Å². The van der Waals surface area contributed by atoms with Gasteiger partial charge < -0.3 is 9.80 Å². The van der Waals surface area contributed by atoms with Crippen LogP contribution in [-0.4, -0.2) is 62.8 Å². The quantitative estimate of drug-likeness (QED) is 0.690. The average Bonchev–Trinajstić information content (AvgIpc) is 3.11. The van der Waals surface area contributed by atoms with Gasteiger partial charge in [-0.25, -0.2) is 8.42 Å². The van der Waals surface area contributed by atoms with Crippen LogP contribution in [0.15, 0.2) is 47.4 Å². The third kappa shape index (κ3) is 5.05. The summed E-state index contributed by atoms with van der Waals surface area (Å²) in [6.07, 6.45) is 3.62. The van der Waals surface area contributed by atoms with Crippen molar-refractivity contribution >= 4 is 21.6 Å². The largest absolute Gasteiger partial charge is 0.370 e. The highest BCUT2D eigenvalue weighted by Crippen LogP contribution is 2.25. The fourth-order valence-electron chi connectivity index (χ4n) is 4.56. The van der Waals surface area contributed by atoms with Crippen molar-refractivity contribution in [1.82, 2.24) is 9.21 Å². The number of hydrogen-bond donors (Lipinski definition) is 0. The van der Waals surface area contributed by atoms with Crippen LogP contribution in [0.4, 0.5) is 5.69 Å². The lowest BCUT2D eigenvalue weighted by atomic mass is 10.1. The van der Waals surface area contributed by atoms with Gasteiger partial charge in [0, 0.05) is 50.5 Å². The van der Waals surface area contributed by atoms with E-state index in [0.29, 0.717) is 49.4 Å². The lowest BCUT2D eigenvalue weighted by molar-refractivity contribution is 0.0766. The minimum absolute atomic E-state index is 0.133. The summed E-state index contributed by atoms with van der Waals surface area (Å²) in [7, 11) is -3.61. The Hall–Kier alpha value is -2.89. The maximum Gasteiger partial charge on any atom is 0.253 e. The molecule has 4 rings (SSSR count). The van der Waals surface area contributed by atoms with E-state index in [1.165, 1.54) is 0 Å². The van der Waals surface area contributed by atoms with Crippen molar-refractivity contribution in [3.8, 4) is 6.07 Å². The van der Waals surface area contributed by atoms with Gasteiger partial charge in [-0.15, -0.1) is 0 Å². The zero-order chi connectivity index (χ0) is 23.4. The molecule has 8 heteroatoms. The van der Waals surface area contributed by atoms with E-state index in [-0.39, 0.29) is 10.8 Å². The Labute approximate surface area is 196 Å². The maximum atomic E-state index is 13.3. The Bertz CT molecular complexity index is 1150. The van der Waals surface area contributed by atoms with E-state index in [1.54, 1.807) is 41.6 Å². The molecule has 2 aromatic carbocycles. The van der Waals surface area contributed by atoms with Crippen molar-refractivity contribution in [2.75, 3.05) is 44.2 Å². The van der Waals surface area contributed by atoms with E-state index >= 15 is 0 Å². The van der Waals surface area contributed by atoms with Crippen molar-refractivity contribution in [1.29, 1.82) is 5.26 Å². The molecule has 7 nitrogen and oxygen atoms in total. The molecule has 0 bridgehead atoms. The smallest absolute Gasteiger partial charge is 0.253 e. The number of anilines is 1. The number of amides is 1. The topological polar surface area (TPSA) is 84.7 Å². The molecule has 0 N–H and O–H groups in total. The molecule has 0 atom stereocenters. The number of benzene rings is 2. The van der Waals surface area contributed by atoms with Crippen LogP contribution in [0.1, 0.15) is 47.2 Å². The predicted octanol–water partition coefficient (Wildman–Crippen LogP) is 3.39. The first kappa shape index (κ1) is 23.3. The van der Waals surface area contributed by atoms with Gasteiger partial charge in [-0.3, -0.25) is 4.79 Å². The second-order valence-corrected chi connectivity index (χ2v) is 10.6. The maximum absolute atomic E-state index is 13.3. The minimum Gasteiger partial charge on any atom is -0.370 e. The molecule has 2 aromatic rings. The summed E-state index contributed by atoms with van der Waals surface area (Å²) in [5.74, 6) is -0.133. The molecule has 0 radical (unpaired) electrons. The van der Waals surface area contributed by atoms with Crippen LogP contribution in [0.3, 0.4) is 0 Å². The van der Waals surface area contributed by atoms with Gasteiger partial charge in [-0.05, 0) is 68.1 Å². The van der Waals surface area contributed by atoms with Gasteiger partial charge >= 0.3 is 0 Å². The lowest BCUT2D eigenvalue weighted by Crippen LogP contribution is -2.37. The molecule has 174 valence electrons. The lowest BCUT2D eigenvalue weighted by Gasteiger charge is -2.27. The Morgan fingerprint density at radius 2 is 1.61 bits per heavy atom. The first-order valence-electron chi connectivity index (χ1n) is 11.6. The summed E-state index contributed by atoms with van der Waals surface area (Å²) in [5.41, 5.74) is 2.75. The predicted molar refractivity (Wildman–Crippen MR) is 128 cm³/mol. The van der Waals surface area contributed by atoms with Gasteiger partial charge in [-0.2, -0.15) is 9.57 Å². The number of nitrogens with zero attached hydrogens (tertiary/aromatic N) is 4. The first-order valence-corrected chi connectivity index (χ1v) is 13.0. The summed E-state index contributed by atoms with van der Waals surface area (Å²) in [6.45, 7) is 5.54. The average molecular weight is 467 g/mol. The molecule has 2 saturated heterocycles. The van der Waals surface area contributed by atoms with Gasteiger partial charge in [0.1, 0.15) is 0 Å². The van der Waals surface area contributed by atoms with Crippen LogP contribution >= 0.6 is 0 Å². The fraction of sp³-hybridized carbons (Fsp3) is 0.440. The van der Waals surface area contributed by atoms with E-state index in [9.17, 15) is 13.2 Å². The normalized spacial score (nSPS) is 17.9. The van der Waals surface area contributed by atoms with Crippen LogP contribution in [-0.2, 0) is 10.0 Å².